The summed E-state index contributed by atoms with van der Waals surface area (Å²) in [5, 5.41) is 33.2. The van der Waals surface area contributed by atoms with Crippen LogP contribution >= 0.6 is 0 Å². The fourth-order valence-corrected chi connectivity index (χ4v) is 4.67. The highest BCUT2D eigenvalue weighted by molar-refractivity contribution is 5.91. The van der Waals surface area contributed by atoms with Gasteiger partial charge in [0.25, 0.3) is 0 Å². The molecule has 2 saturated heterocycles. The number of amides is 1. The second-order valence-electron chi connectivity index (χ2n) is 10.5. The highest BCUT2D eigenvalue weighted by Crippen LogP contribution is 2.47. The smallest absolute Gasteiger partial charge is 0.404 e. The van der Waals surface area contributed by atoms with Gasteiger partial charge in [-0.2, -0.15) is 0 Å². The number of hydrogen-bond donors (Lipinski definition) is 5. The molecule has 3 heterocycles. The molecule has 1 amide bonds. The molecule has 2 aromatic carbocycles. The summed E-state index contributed by atoms with van der Waals surface area (Å²) in [5.74, 6) is -0.879. The monoisotopic (exact) mass is 598 g/mol. The molecule has 2 aliphatic heterocycles. The molecule has 13 nitrogen and oxygen atoms in total. The van der Waals surface area contributed by atoms with Crippen molar-refractivity contribution in [3.05, 3.63) is 69.1 Å². The van der Waals surface area contributed by atoms with Crippen LogP contribution in [0.5, 0.6) is 17.2 Å². The average molecular weight is 599 g/mol. The van der Waals surface area contributed by atoms with E-state index in [0.717, 1.165) is 11.8 Å². The maximum Gasteiger partial charge on any atom is 0.404 e. The number of aliphatic hydroxyl groups excluding tert-OH is 1. The number of carbonyl (C=O) groups is 2. The van der Waals surface area contributed by atoms with E-state index in [1.807, 2.05) is 19.9 Å². The number of nitrogens with two attached hydrogens (primary N) is 1. The van der Waals surface area contributed by atoms with Gasteiger partial charge in [-0.1, -0.05) is 11.6 Å². The van der Waals surface area contributed by atoms with Gasteiger partial charge in [-0.15, -0.1) is 0 Å². The molecule has 0 aliphatic carbocycles. The number of rotatable bonds is 7. The van der Waals surface area contributed by atoms with Crippen LogP contribution < -0.4 is 21.4 Å². The van der Waals surface area contributed by atoms with Crippen LogP contribution in [0.4, 0.5) is 10.5 Å². The number of epoxide rings is 1. The summed E-state index contributed by atoms with van der Waals surface area (Å²) in [7, 11) is 1.49. The summed E-state index contributed by atoms with van der Waals surface area (Å²) in [4.78, 5) is 33.7. The Bertz CT molecular complexity index is 1630. The number of aromatic hydroxyl groups is 2. The van der Waals surface area contributed by atoms with Crippen LogP contribution in [0.3, 0.4) is 0 Å². The summed E-state index contributed by atoms with van der Waals surface area (Å²) in [6.07, 6.45) is -1.98. The van der Waals surface area contributed by atoms with Crippen LogP contribution in [0.15, 0.2) is 51.2 Å². The molecular formula is C30H34N2O11. The molecule has 5 unspecified atom stereocenters. The molecule has 13 heteroatoms. The molecule has 0 spiro atoms. The maximum atomic E-state index is 12.1. The summed E-state index contributed by atoms with van der Waals surface area (Å²) < 4.78 is 27.1. The average Bonchev–Trinajstić information content (AvgIpc) is 3.63. The van der Waals surface area contributed by atoms with Crippen molar-refractivity contribution in [3.63, 3.8) is 0 Å². The Balaban J connectivity index is 0.000000255. The Hall–Kier alpha value is -4.59. The summed E-state index contributed by atoms with van der Waals surface area (Å²) in [6, 6.07) is 7.90. The molecule has 2 fully saturated rings. The van der Waals surface area contributed by atoms with Crippen molar-refractivity contribution in [3.8, 4) is 17.2 Å². The van der Waals surface area contributed by atoms with Gasteiger partial charge >= 0.3 is 11.7 Å². The van der Waals surface area contributed by atoms with E-state index in [4.69, 9.17) is 29.1 Å². The summed E-state index contributed by atoms with van der Waals surface area (Å²) in [6.45, 7) is 7.23. The van der Waals surface area contributed by atoms with Gasteiger partial charge < -0.3 is 49.7 Å². The molecular weight excluding hydrogens is 564 g/mol. The number of aldehydes is 1. The van der Waals surface area contributed by atoms with Gasteiger partial charge in [0.05, 0.1) is 5.39 Å². The topological polar surface area (TPSA) is 203 Å². The first-order chi connectivity index (χ1) is 20.3. The van der Waals surface area contributed by atoms with Crippen molar-refractivity contribution in [2.45, 2.75) is 64.5 Å². The van der Waals surface area contributed by atoms with E-state index in [0.29, 0.717) is 22.9 Å². The van der Waals surface area contributed by atoms with Crippen LogP contribution in [0.25, 0.3) is 11.0 Å². The normalized spacial score (nSPS) is 23.7. The number of fused-ring (bicyclic) bond motifs is 2. The Morgan fingerprint density at radius 3 is 2.53 bits per heavy atom. The number of benzene rings is 2. The zero-order chi connectivity index (χ0) is 31.6. The van der Waals surface area contributed by atoms with E-state index in [1.54, 1.807) is 32.0 Å². The number of allylic oxidation sites excluding steroid dienone is 2. The predicted molar refractivity (Wildman–Crippen MR) is 154 cm³/mol. The Morgan fingerprint density at radius 2 is 1.91 bits per heavy atom. The Kier molecular flexibility index (Phi) is 8.99. The molecule has 0 bridgehead atoms. The molecule has 1 aromatic heterocycles. The maximum absolute atomic E-state index is 12.1. The Morgan fingerprint density at radius 1 is 1.19 bits per heavy atom. The van der Waals surface area contributed by atoms with Crippen LogP contribution in [-0.2, 0) is 20.6 Å². The van der Waals surface area contributed by atoms with E-state index >= 15 is 0 Å². The number of aliphatic hydroxyl groups is 1. The quantitative estimate of drug-likeness (QED) is 0.115. The zero-order valence-electron chi connectivity index (χ0n) is 24.2. The van der Waals surface area contributed by atoms with Crippen molar-refractivity contribution in [1.29, 1.82) is 0 Å². The van der Waals surface area contributed by atoms with Gasteiger partial charge in [-0.25, -0.2) is 9.59 Å². The highest BCUT2D eigenvalue weighted by atomic mass is 16.9. The molecule has 3 aromatic rings. The number of aryl methyl sites for hydroxylation is 1. The van der Waals surface area contributed by atoms with Gasteiger partial charge in [-0.05, 0) is 70.0 Å². The fraction of sp³-hybridized carbons (Fsp3) is 0.367. The Labute approximate surface area is 246 Å². The summed E-state index contributed by atoms with van der Waals surface area (Å²) in [5.41, 5.74) is 7.35. The summed E-state index contributed by atoms with van der Waals surface area (Å²) >= 11 is 0. The van der Waals surface area contributed by atoms with Crippen molar-refractivity contribution in [2.24, 2.45) is 5.73 Å². The second kappa shape index (κ2) is 12.3. The highest BCUT2D eigenvalue weighted by Gasteiger charge is 2.68. The molecule has 0 radical (unpaired) electrons. The number of phenolic OH excluding ortho intramolecular Hbond substituents is 1. The lowest BCUT2D eigenvalue weighted by Gasteiger charge is -2.34. The van der Waals surface area contributed by atoms with Gasteiger partial charge in [0.15, 0.2) is 29.7 Å². The minimum absolute atomic E-state index is 0.0621. The number of primary amides is 1. The fourth-order valence-electron chi connectivity index (χ4n) is 4.67. The minimum atomic E-state index is -1.38. The van der Waals surface area contributed by atoms with Crippen molar-refractivity contribution in [2.75, 3.05) is 12.4 Å². The van der Waals surface area contributed by atoms with Crippen molar-refractivity contribution >= 4 is 29.0 Å². The van der Waals surface area contributed by atoms with Crippen LogP contribution in [0.1, 0.15) is 42.3 Å². The largest absolute Gasteiger partial charge is 0.508 e. The lowest BCUT2D eigenvalue weighted by Crippen LogP contribution is -2.55. The van der Waals surface area contributed by atoms with Gasteiger partial charge in [0, 0.05) is 18.2 Å². The van der Waals surface area contributed by atoms with Crippen molar-refractivity contribution in [1.82, 2.24) is 0 Å². The molecule has 230 valence electrons. The number of carbonyl (C=O) groups excluding carboxylic acids is 2. The van der Waals surface area contributed by atoms with E-state index in [9.17, 15) is 29.7 Å². The van der Waals surface area contributed by atoms with E-state index in [2.05, 4.69) is 5.32 Å². The number of phenols is 1. The molecule has 2 aliphatic rings. The lowest BCUT2D eigenvalue weighted by molar-refractivity contribution is -0.235. The van der Waals surface area contributed by atoms with Gasteiger partial charge in [-0.3, -0.25) is 4.79 Å². The standard InChI is InChI=1S/C18H20N2O9.C12H14O2/c1-6-8(5-4-7-10(21)9(20-3)15(23)26-12(6)7)25-16-11(22)13(27-17(19)24)14-18(2,28-14)29-16;1-9(2)3-5-11-7-10(8-13)4-6-12(11)14/h4-5,11,13-14,16,20-22H,1-3H3,(H2,19,24);3-4,6-8,14H,5H2,1-2H3. The molecule has 43 heavy (non-hydrogen) atoms. The predicted octanol–water partition coefficient (Wildman–Crippen LogP) is 3.24. The van der Waals surface area contributed by atoms with Gasteiger partial charge in [0.2, 0.25) is 12.1 Å². The van der Waals surface area contributed by atoms with Gasteiger partial charge in [0.1, 0.15) is 23.4 Å². The van der Waals surface area contributed by atoms with Crippen molar-refractivity contribution < 1.29 is 48.3 Å². The van der Waals surface area contributed by atoms with Crippen LogP contribution in [0.2, 0.25) is 0 Å². The lowest BCUT2D eigenvalue weighted by atomic mass is 10.0. The third kappa shape index (κ3) is 6.58. The zero-order valence-corrected chi connectivity index (χ0v) is 24.2. The number of ether oxygens (including phenoxy) is 4. The number of hydrogen-bond acceptors (Lipinski definition) is 12. The molecule has 5 atom stereocenters. The van der Waals surface area contributed by atoms with E-state index in [1.165, 1.54) is 24.8 Å². The number of nitrogens with one attached hydrogen (secondary N) is 1. The molecule has 0 saturated carbocycles. The number of anilines is 1. The first-order valence-corrected chi connectivity index (χ1v) is 13.3. The SMILES string of the molecule is CC(C)=CCc1cc(C=O)ccc1O.CNc1c(O)c2ccc(OC3OC4(C)OC4C(OC(N)=O)C3O)c(C)c2oc1=O. The molecule has 6 N–H and O–H groups in total. The van der Waals surface area contributed by atoms with Crippen LogP contribution in [-0.4, -0.2) is 65.1 Å². The molecule has 5 rings (SSSR count). The minimum Gasteiger partial charge on any atom is -0.508 e. The van der Waals surface area contributed by atoms with E-state index < -0.39 is 42.1 Å². The third-order valence-corrected chi connectivity index (χ3v) is 7.05. The first kappa shape index (κ1) is 31.3. The third-order valence-electron chi connectivity index (χ3n) is 7.05. The second-order valence-corrected chi connectivity index (χ2v) is 10.5. The first-order valence-electron chi connectivity index (χ1n) is 13.3. The van der Waals surface area contributed by atoms with E-state index in [-0.39, 0.29) is 28.5 Å². The van der Waals surface area contributed by atoms with Crippen LogP contribution in [0, 0.1) is 6.92 Å².